The summed E-state index contributed by atoms with van der Waals surface area (Å²) in [5, 5.41) is 20.8. The minimum absolute atomic E-state index is 0.150. The molecule has 0 radical (unpaired) electrons. The molecule has 6 atom stereocenters. The van der Waals surface area contributed by atoms with E-state index in [2.05, 4.69) is 13.2 Å². The van der Waals surface area contributed by atoms with Crippen molar-refractivity contribution in [1.82, 2.24) is 0 Å². The summed E-state index contributed by atoms with van der Waals surface area (Å²) < 4.78 is 5.46. The largest absolute Gasteiger partial charge is 0.458 e. The van der Waals surface area contributed by atoms with E-state index in [-0.39, 0.29) is 23.9 Å². The maximum absolute atomic E-state index is 11.7. The molecule has 1 aliphatic heterocycles. The van der Waals surface area contributed by atoms with Gasteiger partial charge >= 0.3 is 5.97 Å². The summed E-state index contributed by atoms with van der Waals surface area (Å²) in [7, 11) is 0. The Bertz CT molecular complexity index is 469. The van der Waals surface area contributed by atoms with Crippen LogP contribution in [0.25, 0.3) is 0 Å². The molecule has 0 aromatic heterocycles. The quantitative estimate of drug-likeness (QED) is 0.392. The molecule has 0 amide bonds. The summed E-state index contributed by atoms with van der Waals surface area (Å²) >= 11 is 0. The fraction of sp³-hybridized carbons (Fsp3) is 0.667. The van der Waals surface area contributed by atoms with E-state index in [0.29, 0.717) is 24.8 Å². The van der Waals surface area contributed by atoms with E-state index in [1.54, 1.807) is 0 Å². The van der Waals surface area contributed by atoms with Crippen molar-refractivity contribution < 1.29 is 19.7 Å². The molecule has 1 heterocycles. The molecule has 0 aromatic rings. The Labute approximate surface area is 112 Å². The highest BCUT2D eigenvalue weighted by molar-refractivity contribution is 5.91. The van der Waals surface area contributed by atoms with Gasteiger partial charge in [-0.15, -0.1) is 0 Å². The van der Waals surface area contributed by atoms with Crippen molar-refractivity contribution in [1.29, 1.82) is 0 Å². The Balaban J connectivity index is 2.06. The number of hydrogen-bond donors (Lipinski definition) is 2. The van der Waals surface area contributed by atoms with E-state index in [9.17, 15) is 15.0 Å². The van der Waals surface area contributed by atoms with Gasteiger partial charge in [0.1, 0.15) is 6.10 Å². The monoisotopic (exact) mass is 264 g/mol. The normalized spacial score (nSPS) is 49.6. The lowest BCUT2D eigenvalue weighted by atomic mass is 9.53. The molecular weight excluding hydrogens is 244 g/mol. The van der Waals surface area contributed by atoms with Crippen LogP contribution in [0.15, 0.2) is 24.3 Å². The second kappa shape index (κ2) is 3.93. The molecule has 0 spiro atoms. The van der Waals surface area contributed by atoms with Crippen LogP contribution in [0.4, 0.5) is 0 Å². The second-order valence-corrected chi connectivity index (χ2v) is 6.31. The predicted molar refractivity (Wildman–Crippen MR) is 69.1 cm³/mol. The molecule has 3 aliphatic rings. The summed E-state index contributed by atoms with van der Waals surface area (Å²) in [4.78, 5) is 11.7. The van der Waals surface area contributed by atoms with Gasteiger partial charge in [-0.1, -0.05) is 25.7 Å². The Kier molecular flexibility index (Phi) is 2.67. The summed E-state index contributed by atoms with van der Waals surface area (Å²) in [5.41, 5.74) is 0.726. The lowest BCUT2D eigenvalue weighted by Gasteiger charge is -2.54. The summed E-state index contributed by atoms with van der Waals surface area (Å²) in [6.07, 6.45) is 0.155. The number of carbonyl (C=O) groups is 1. The van der Waals surface area contributed by atoms with Crippen molar-refractivity contribution in [3.63, 3.8) is 0 Å². The maximum atomic E-state index is 11.7. The van der Waals surface area contributed by atoms with Gasteiger partial charge in [-0.05, 0) is 19.3 Å². The van der Waals surface area contributed by atoms with Crippen molar-refractivity contribution in [2.45, 2.75) is 44.5 Å². The minimum atomic E-state index is -0.679. The molecule has 19 heavy (non-hydrogen) atoms. The average Bonchev–Trinajstić information content (AvgIpc) is 2.62. The standard InChI is InChI=1S/C15H20O4/c1-7-4-5-10(16)15(3)11(17)6-9-8(2)14(18)19-13(9)12(7)15/h9-13,16-17H,1-2,4-6H2,3H3/t9-,10+,11-,12+,13-,15+/m0/s1. The van der Waals surface area contributed by atoms with E-state index in [1.807, 2.05) is 6.92 Å². The highest BCUT2D eigenvalue weighted by atomic mass is 16.6. The molecule has 3 rings (SSSR count). The van der Waals surface area contributed by atoms with Crippen LogP contribution in [0.1, 0.15) is 26.2 Å². The molecular formula is C15H20O4. The Morgan fingerprint density at radius 1 is 1.32 bits per heavy atom. The van der Waals surface area contributed by atoms with E-state index in [1.165, 1.54) is 0 Å². The molecule has 0 aromatic carbocycles. The number of esters is 1. The number of hydrogen-bond acceptors (Lipinski definition) is 4. The average molecular weight is 264 g/mol. The van der Waals surface area contributed by atoms with E-state index < -0.39 is 17.6 Å². The van der Waals surface area contributed by atoms with Gasteiger partial charge in [0.25, 0.3) is 0 Å². The van der Waals surface area contributed by atoms with Crippen LogP contribution in [0.5, 0.6) is 0 Å². The van der Waals surface area contributed by atoms with Crippen molar-refractivity contribution in [2.75, 3.05) is 0 Å². The summed E-state index contributed by atoms with van der Waals surface area (Å²) in [6, 6.07) is 0. The third-order valence-corrected chi connectivity index (χ3v) is 5.44. The van der Waals surface area contributed by atoms with Crippen LogP contribution in [-0.2, 0) is 9.53 Å². The van der Waals surface area contributed by atoms with Crippen LogP contribution >= 0.6 is 0 Å². The molecule has 2 aliphatic carbocycles. The number of aliphatic hydroxyl groups excluding tert-OH is 2. The molecule has 4 heteroatoms. The fourth-order valence-electron chi connectivity index (χ4n) is 4.15. The fourth-order valence-corrected chi connectivity index (χ4v) is 4.15. The highest BCUT2D eigenvalue weighted by Crippen LogP contribution is 2.57. The smallest absolute Gasteiger partial charge is 0.334 e. The third kappa shape index (κ3) is 1.50. The number of carbonyl (C=O) groups excluding carboxylic acids is 1. The van der Waals surface area contributed by atoms with Crippen LogP contribution in [0, 0.1) is 17.3 Å². The van der Waals surface area contributed by atoms with Gasteiger partial charge in [-0.3, -0.25) is 0 Å². The van der Waals surface area contributed by atoms with Crippen LogP contribution < -0.4 is 0 Å². The summed E-state index contributed by atoms with van der Waals surface area (Å²) in [6.45, 7) is 9.74. The van der Waals surface area contributed by atoms with Gasteiger partial charge in [0.2, 0.25) is 0 Å². The highest BCUT2D eigenvalue weighted by Gasteiger charge is 2.61. The molecule has 2 saturated carbocycles. The molecule has 104 valence electrons. The first kappa shape index (κ1) is 12.9. The second-order valence-electron chi connectivity index (χ2n) is 6.31. The van der Waals surface area contributed by atoms with Crippen LogP contribution in [0.2, 0.25) is 0 Å². The topological polar surface area (TPSA) is 66.8 Å². The zero-order chi connectivity index (χ0) is 13.9. The number of rotatable bonds is 0. The zero-order valence-electron chi connectivity index (χ0n) is 11.1. The van der Waals surface area contributed by atoms with Crippen molar-refractivity contribution in [3.8, 4) is 0 Å². The van der Waals surface area contributed by atoms with Gasteiger partial charge in [0.15, 0.2) is 0 Å². The Morgan fingerprint density at radius 2 is 2.00 bits per heavy atom. The van der Waals surface area contributed by atoms with E-state index >= 15 is 0 Å². The Morgan fingerprint density at radius 3 is 2.68 bits per heavy atom. The van der Waals surface area contributed by atoms with Crippen LogP contribution in [0.3, 0.4) is 0 Å². The molecule has 3 fully saturated rings. The van der Waals surface area contributed by atoms with Gasteiger partial charge in [0.05, 0.1) is 12.2 Å². The first-order chi connectivity index (χ1) is 8.87. The lowest BCUT2D eigenvalue weighted by molar-refractivity contribution is -0.175. The minimum Gasteiger partial charge on any atom is -0.458 e. The summed E-state index contributed by atoms with van der Waals surface area (Å²) in [5.74, 6) is -0.713. The number of aliphatic hydroxyl groups is 2. The first-order valence-electron chi connectivity index (χ1n) is 6.81. The Hall–Kier alpha value is -1.13. The molecule has 4 nitrogen and oxygen atoms in total. The van der Waals surface area contributed by atoms with Gasteiger partial charge in [-0.25, -0.2) is 4.79 Å². The van der Waals surface area contributed by atoms with Crippen molar-refractivity contribution in [2.24, 2.45) is 17.3 Å². The molecule has 0 unspecified atom stereocenters. The third-order valence-electron chi connectivity index (χ3n) is 5.44. The van der Waals surface area contributed by atoms with Crippen molar-refractivity contribution >= 4 is 5.97 Å². The van der Waals surface area contributed by atoms with Crippen LogP contribution in [-0.4, -0.2) is 34.5 Å². The van der Waals surface area contributed by atoms with Gasteiger partial charge < -0.3 is 14.9 Å². The number of fused-ring (bicyclic) bond motifs is 3. The molecule has 1 saturated heterocycles. The first-order valence-corrected chi connectivity index (χ1v) is 6.81. The van der Waals surface area contributed by atoms with Gasteiger partial charge in [-0.2, -0.15) is 0 Å². The SMILES string of the molecule is C=C1CC[C@@H](O)[C@@]2(C)[C@H]1[C@H]1OC(=O)C(=C)[C@@H]1C[C@@H]2O. The maximum Gasteiger partial charge on any atom is 0.334 e. The van der Waals surface area contributed by atoms with Crippen molar-refractivity contribution in [3.05, 3.63) is 24.3 Å². The van der Waals surface area contributed by atoms with E-state index in [0.717, 1.165) is 5.57 Å². The van der Waals surface area contributed by atoms with Gasteiger partial charge in [0, 0.05) is 22.8 Å². The predicted octanol–water partition coefficient (Wildman–Crippen LogP) is 1.18. The zero-order valence-corrected chi connectivity index (χ0v) is 11.1. The number of ether oxygens (including phenoxy) is 1. The lowest BCUT2D eigenvalue weighted by Crippen LogP contribution is -2.60. The molecule has 0 bridgehead atoms. The van der Waals surface area contributed by atoms with E-state index in [4.69, 9.17) is 4.74 Å². The molecule has 2 N–H and O–H groups in total.